The maximum Gasteiger partial charge on any atom is 0.325 e. The van der Waals surface area contributed by atoms with Gasteiger partial charge in [-0.25, -0.2) is 9.18 Å². The van der Waals surface area contributed by atoms with Gasteiger partial charge in [0.15, 0.2) is 0 Å². The van der Waals surface area contributed by atoms with Gasteiger partial charge in [0.1, 0.15) is 17.9 Å². The van der Waals surface area contributed by atoms with Crippen molar-refractivity contribution in [3.8, 4) is 0 Å². The zero-order valence-electron chi connectivity index (χ0n) is 15.4. The summed E-state index contributed by atoms with van der Waals surface area (Å²) in [5.41, 5.74) is 0.725. The molecule has 4 amide bonds. The molecule has 2 aromatic rings. The van der Waals surface area contributed by atoms with E-state index in [1.165, 1.54) is 24.3 Å². The molecule has 0 radical (unpaired) electrons. The standard InChI is InChI=1S/C20H19BrFN3O3/c1-3-20(13-5-7-14(22)8-6-13)18(27)25(19(28)24-20)11-17(26)23-16-9-4-12(2)10-15(16)21/h4-10H,3,11H2,1-2H3,(H,23,26)(H,24,28). The maximum atomic E-state index is 13.2. The van der Waals surface area contributed by atoms with E-state index in [1.807, 2.05) is 19.1 Å². The number of nitrogens with zero attached hydrogens (tertiary/aromatic N) is 1. The third kappa shape index (κ3) is 3.64. The molecule has 1 aliphatic rings. The van der Waals surface area contributed by atoms with E-state index in [1.54, 1.807) is 13.0 Å². The van der Waals surface area contributed by atoms with Crippen molar-refractivity contribution in [1.82, 2.24) is 10.2 Å². The van der Waals surface area contributed by atoms with E-state index in [-0.39, 0.29) is 6.42 Å². The van der Waals surface area contributed by atoms with E-state index >= 15 is 0 Å². The van der Waals surface area contributed by atoms with Crippen molar-refractivity contribution in [3.05, 3.63) is 63.9 Å². The fraction of sp³-hybridized carbons (Fsp3) is 0.250. The van der Waals surface area contributed by atoms with E-state index in [2.05, 4.69) is 26.6 Å². The molecule has 0 aliphatic carbocycles. The summed E-state index contributed by atoms with van der Waals surface area (Å²) in [4.78, 5) is 38.7. The molecule has 1 saturated heterocycles. The highest BCUT2D eigenvalue weighted by molar-refractivity contribution is 9.10. The molecule has 1 aliphatic heterocycles. The molecule has 0 spiro atoms. The van der Waals surface area contributed by atoms with E-state index in [0.717, 1.165) is 10.5 Å². The molecule has 1 heterocycles. The minimum atomic E-state index is -1.31. The number of urea groups is 1. The van der Waals surface area contributed by atoms with Gasteiger partial charge in [-0.1, -0.05) is 25.1 Å². The molecule has 6 nitrogen and oxygen atoms in total. The number of carbonyl (C=O) groups is 3. The highest BCUT2D eigenvalue weighted by Crippen LogP contribution is 2.32. The van der Waals surface area contributed by atoms with Crippen LogP contribution in [0.25, 0.3) is 0 Å². The SMILES string of the molecule is CCC1(c2ccc(F)cc2)NC(=O)N(CC(=O)Nc2ccc(C)cc2Br)C1=O. The zero-order valence-corrected chi connectivity index (χ0v) is 17.0. The van der Waals surface area contributed by atoms with Crippen LogP contribution in [0.3, 0.4) is 0 Å². The van der Waals surface area contributed by atoms with E-state index < -0.39 is 35.7 Å². The molecule has 0 bridgehead atoms. The minimum absolute atomic E-state index is 0.269. The van der Waals surface area contributed by atoms with Crippen LogP contribution in [0.2, 0.25) is 0 Å². The van der Waals surface area contributed by atoms with Gasteiger partial charge in [-0.3, -0.25) is 14.5 Å². The maximum absolute atomic E-state index is 13.2. The van der Waals surface area contributed by atoms with Crippen LogP contribution in [-0.4, -0.2) is 29.3 Å². The first-order valence-electron chi connectivity index (χ1n) is 8.73. The van der Waals surface area contributed by atoms with Gasteiger partial charge in [-0.15, -0.1) is 0 Å². The monoisotopic (exact) mass is 447 g/mol. The van der Waals surface area contributed by atoms with E-state index in [9.17, 15) is 18.8 Å². The zero-order chi connectivity index (χ0) is 20.5. The molecule has 2 aromatic carbocycles. The minimum Gasteiger partial charge on any atom is -0.323 e. The van der Waals surface area contributed by atoms with Gasteiger partial charge in [0.2, 0.25) is 5.91 Å². The Morgan fingerprint density at radius 1 is 1.21 bits per heavy atom. The van der Waals surface area contributed by atoms with Crippen LogP contribution in [0.4, 0.5) is 14.9 Å². The summed E-state index contributed by atoms with van der Waals surface area (Å²) in [6, 6.07) is 10.2. The molecule has 0 aromatic heterocycles. The first-order valence-corrected chi connectivity index (χ1v) is 9.52. The molecule has 1 atom stereocenters. The van der Waals surface area contributed by atoms with Crippen LogP contribution < -0.4 is 10.6 Å². The van der Waals surface area contributed by atoms with E-state index in [0.29, 0.717) is 15.7 Å². The smallest absolute Gasteiger partial charge is 0.323 e. The van der Waals surface area contributed by atoms with E-state index in [4.69, 9.17) is 0 Å². The normalized spacial score (nSPS) is 18.9. The quantitative estimate of drug-likeness (QED) is 0.685. The fourth-order valence-corrected chi connectivity index (χ4v) is 3.79. The van der Waals surface area contributed by atoms with Crippen LogP contribution in [-0.2, 0) is 15.1 Å². The third-order valence-corrected chi connectivity index (χ3v) is 5.40. The van der Waals surface area contributed by atoms with Gasteiger partial charge < -0.3 is 10.6 Å². The number of nitrogens with one attached hydrogen (secondary N) is 2. The Kier molecular flexibility index (Phi) is 5.51. The number of anilines is 1. The number of rotatable bonds is 5. The summed E-state index contributed by atoms with van der Waals surface area (Å²) in [6.45, 7) is 3.24. The number of hydrogen-bond acceptors (Lipinski definition) is 3. The van der Waals surface area contributed by atoms with Crippen LogP contribution in [0.15, 0.2) is 46.9 Å². The van der Waals surface area contributed by atoms with Gasteiger partial charge >= 0.3 is 6.03 Å². The predicted octanol–water partition coefficient (Wildman–Crippen LogP) is 3.69. The lowest BCUT2D eigenvalue weighted by Gasteiger charge is -2.25. The summed E-state index contributed by atoms with van der Waals surface area (Å²) in [7, 11) is 0. The number of aryl methyl sites for hydroxylation is 1. The van der Waals surface area contributed by atoms with Gasteiger partial charge in [0, 0.05) is 4.47 Å². The summed E-state index contributed by atoms with van der Waals surface area (Å²) >= 11 is 3.37. The number of imide groups is 1. The molecule has 28 heavy (non-hydrogen) atoms. The summed E-state index contributed by atoms with van der Waals surface area (Å²) in [5.74, 6) is -1.48. The van der Waals surface area contributed by atoms with Crippen molar-refractivity contribution in [2.24, 2.45) is 0 Å². The number of hydrogen-bond donors (Lipinski definition) is 2. The van der Waals surface area contributed by atoms with Gasteiger partial charge in [-0.2, -0.15) is 0 Å². The van der Waals surface area contributed by atoms with Crippen molar-refractivity contribution < 1.29 is 18.8 Å². The van der Waals surface area contributed by atoms with Crippen LogP contribution in [0, 0.1) is 12.7 Å². The molecule has 0 saturated carbocycles. The predicted molar refractivity (Wildman–Crippen MR) is 106 cm³/mol. The Hall–Kier alpha value is -2.74. The summed E-state index contributed by atoms with van der Waals surface area (Å²) < 4.78 is 14.0. The Labute approximate surface area is 170 Å². The first kappa shape index (κ1) is 20.0. The van der Waals surface area contributed by atoms with Crippen molar-refractivity contribution in [2.45, 2.75) is 25.8 Å². The van der Waals surface area contributed by atoms with Gasteiger partial charge in [-0.05, 0) is 64.7 Å². The topological polar surface area (TPSA) is 78.5 Å². The molecule has 2 N–H and O–H groups in total. The van der Waals surface area contributed by atoms with Crippen LogP contribution in [0.5, 0.6) is 0 Å². The fourth-order valence-electron chi connectivity index (χ4n) is 3.20. The molecule has 3 rings (SSSR count). The van der Waals surface area contributed by atoms with Crippen molar-refractivity contribution in [3.63, 3.8) is 0 Å². The average molecular weight is 448 g/mol. The van der Waals surface area contributed by atoms with Crippen molar-refractivity contribution in [2.75, 3.05) is 11.9 Å². The first-order chi connectivity index (χ1) is 13.3. The lowest BCUT2D eigenvalue weighted by atomic mass is 9.87. The number of benzene rings is 2. The Bertz CT molecular complexity index is 948. The largest absolute Gasteiger partial charge is 0.325 e. The molecular formula is C20H19BrFN3O3. The van der Waals surface area contributed by atoms with Gasteiger partial charge in [0.25, 0.3) is 5.91 Å². The Morgan fingerprint density at radius 2 is 1.89 bits per heavy atom. The highest BCUT2D eigenvalue weighted by atomic mass is 79.9. The van der Waals surface area contributed by atoms with Crippen molar-refractivity contribution in [1.29, 1.82) is 0 Å². The lowest BCUT2D eigenvalue weighted by molar-refractivity contribution is -0.134. The van der Waals surface area contributed by atoms with Crippen LogP contribution in [0.1, 0.15) is 24.5 Å². The summed E-state index contributed by atoms with van der Waals surface area (Å²) in [5, 5.41) is 5.36. The number of halogens is 2. The second-order valence-corrected chi connectivity index (χ2v) is 7.47. The van der Waals surface area contributed by atoms with Gasteiger partial charge in [0.05, 0.1) is 5.69 Å². The second kappa shape index (κ2) is 7.71. The molecule has 1 fully saturated rings. The molecule has 8 heteroatoms. The van der Waals surface area contributed by atoms with Crippen LogP contribution >= 0.6 is 15.9 Å². The lowest BCUT2D eigenvalue weighted by Crippen LogP contribution is -2.44. The highest BCUT2D eigenvalue weighted by Gasteiger charge is 2.51. The number of carbonyl (C=O) groups excluding carboxylic acids is 3. The Morgan fingerprint density at radius 3 is 2.50 bits per heavy atom. The third-order valence-electron chi connectivity index (χ3n) is 4.74. The molecule has 1 unspecified atom stereocenters. The Balaban J connectivity index is 1.79. The average Bonchev–Trinajstić information content (AvgIpc) is 2.90. The number of amides is 4. The van der Waals surface area contributed by atoms with Crippen molar-refractivity contribution >= 4 is 39.5 Å². The summed E-state index contributed by atoms with van der Waals surface area (Å²) in [6.07, 6.45) is 0.269. The molecule has 146 valence electrons. The molecular weight excluding hydrogens is 429 g/mol. The second-order valence-electron chi connectivity index (χ2n) is 6.62.